The molecule has 0 aliphatic carbocycles. The van der Waals surface area contributed by atoms with Gasteiger partial charge in [0.2, 0.25) is 5.91 Å². The second kappa shape index (κ2) is 7.09. The molecule has 0 saturated heterocycles. The highest BCUT2D eigenvalue weighted by Gasteiger charge is 2.09. The van der Waals surface area contributed by atoms with Gasteiger partial charge >= 0.3 is 5.97 Å². The van der Waals surface area contributed by atoms with Crippen LogP contribution in [0.4, 0.5) is 5.69 Å². The normalized spacial score (nSPS) is 10.7. The van der Waals surface area contributed by atoms with Crippen LogP contribution >= 0.6 is 15.9 Å². The van der Waals surface area contributed by atoms with Gasteiger partial charge in [0.25, 0.3) is 0 Å². The summed E-state index contributed by atoms with van der Waals surface area (Å²) in [5.41, 5.74) is 1.77. The molecule has 114 valence electrons. The molecule has 2 rings (SSSR count). The van der Waals surface area contributed by atoms with Crippen molar-refractivity contribution in [2.45, 2.75) is 6.92 Å². The molecule has 0 saturated carbocycles. The number of methoxy groups -OCH3 is 1. The number of amides is 1. The number of nitrogens with one attached hydrogen (secondary N) is 1. The van der Waals surface area contributed by atoms with Crippen LogP contribution in [-0.4, -0.2) is 19.0 Å². The quantitative estimate of drug-likeness (QED) is 0.662. The van der Waals surface area contributed by atoms with Crippen LogP contribution in [0.2, 0.25) is 0 Å². The molecule has 6 heteroatoms. The van der Waals surface area contributed by atoms with Gasteiger partial charge in [-0.05, 0) is 58.8 Å². The molecule has 1 aromatic carbocycles. The van der Waals surface area contributed by atoms with E-state index in [1.54, 1.807) is 36.4 Å². The van der Waals surface area contributed by atoms with Crippen LogP contribution in [-0.2, 0) is 9.53 Å². The van der Waals surface area contributed by atoms with Gasteiger partial charge in [-0.25, -0.2) is 4.79 Å². The average molecular weight is 364 g/mol. The summed E-state index contributed by atoms with van der Waals surface area (Å²) >= 11 is 3.19. The van der Waals surface area contributed by atoms with E-state index in [1.807, 2.05) is 6.92 Å². The van der Waals surface area contributed by atoms with E-state index in [9.17, 15) is 9.59 Å². The summed E-state index contributed by atoms with van der Waals surface area (Å²) in [4.78, 5) is 23.4. The first-order valence-corrected chi connectivity index (χ1v) is 7.22. The maximum atomic E-state index is 11.9. The predicted molar refractivity (Wildman–Crippen MR) is 86.6 cm³/mol. The third-order valence-corrected chi connectivity index (χ3v) is 3.34. The summed E-state index contributed by atoms with van der Waals surface area (Å²) in [5, 5.41) is 2.72. The first-order chi connectivity index (χ1) is 10.5. The van der Waals surface area contributed by atoms with Gasteiger partial charge in [0.1, 0.15) is 5.76 Å². The van der Waals surface area contributed by atoms with Gasteiger partial charge in [0, 0.05) is 11.8 Å². The zero-order valence-corrected chi connectivity index (χ0v) is 13.6. The summed E-state index contributed by atoms with van der Waals surface area (Å²) in [5.74, 6) is -0.217. The number of furan rings is 1. The molecular formula is C16H14BrNO4. The number of aryl methyl sites for hydroxylation is 1. The molecule has 0 atom stereocenters. The minimum atomic E-state index is -0.452. The number of anilines is 1. The lowest BCUT2D eigenvalue weighted by molar-refractivity contribution is -0.111. The number of hydrogen-bond acceptors (Lipinski definition) is 4. The van der Waals surface area contributed by atoms with Gasteiger partial charge in [-0.2, -0.15) is 0 Å². The number of hydrogen-bond donors (Lipinski definition) is 1. The molecular weight excluding hydrogens is 350 g/mol. The number of carbonyl (C=O) groups is 2. The number of esters is 1. The van der Waals surface area contributed by atoms with Crippen molar-refractivity contribution < 1.29 is 18.7 Å². The van der Waals surface area contributed by atoms with Gasteiger partial charge < -0.3 is 14.5 Å². The Labute approximate surface area is 136 Å². The van der Waals surface area contributed by atoms with Gasteiger partial charge in [0.05, 0.1) is 12.7 Å². The van der Waals surface area contributed by atoms with Gasteiger partial charge in [-0.1, -0.05) is 6.07 Å². The summed E-state index contributed by atoms with van der Waals surface area (Å²) in [6.07, 6.45) is 2.91. The van der Waals surface area contributed by atoms with E-state index in [0.29, 0.717) is 21.7 Å². The second-order valence-electron chi connectivity index (χ2n) is 4.49. The second-order valence-corrected chi connectivity index (χ2v) is 5.27. The van der Waals surface area contributed by atoms with Crippen molar-refractivity contribution >= 4 is 39.6 Å². The Morgan fingerprint density at radius 1 is 1.27 bits per heavy atom. The smallest absolute Gasteiger partial charge is 0.337 e. The summed E-state index contributed by atoms with van der Waals surface area (Å²) in [6, 6.07) is 8.44. The van der Waals surface area contributed by atoms with E-state index in [0.717, 1.165) is 5.56 Å². The third-order valence-electron chi connectivity index (χ3n) is 2.91. The number of ether oxygens (including phenoxy) is 1. The van der Waals surface area contributed by atoms with Crippen molar-refractivity contribution in [3.63, 3.8) is 0 Å². The monoisotopic (exact) mass is 363 g/mol. The highest BCUT2D eigenvalue weighted by Crippen LogP contribution is 2.18. The van der Waals surface area contributed by atoms with Crippen molar-refractivity contribution in [3.05, 3.63) is 58.0 Å². The van der Waals surface area contributed by atoms with Crippen LogP contribution in [0.25, 0.3) is 6.08 Å². The number of benzene rings is 1. The Hall–Kier alpha value is -2.34. The topological polar surface area (TPSA) is 68.5 Å². The van der Waals surface area contributed by atoms with E-state index in [2.05, 4.69) is 26.0 Å². The largest absolute Gasteiger partial charge is 0.465 e. The predicted octanol–water partition coefficient (Wildman–Crippen LogP) is 3.79. The molecule has 0 aliphatic rings. The van der Waals surface area contributed by atoms with E-state index in [-0.39, 0.29) is 5.91 Å². The van der Waals surface area contributed by atoms with E-state index in [1.165, 1.54) is 13.2 Å². The molecule has 0 spiro atoms. The molecule has 0 radical (unpaired) electrons. The zero-order chi connectivity index (χ0) is 16.1. The number of rotatable bonds is 4. The maximum Gasteiger partial charge on any atom is 0.337 e. The Balaban J connectivity index is 2.10. The van der Waals surface area contributed by atoms with Gasteiger partial charge in [-0.3, -0.25) is 4.79 Å². The van der Waals surface area contributed by atoms with E-state index in [4.69, 9.17) is 4.42 Å². The van der Waals surface area contributed by atoms with Crippen molar-refractivity contribution in [2.75, 3.05) is 12.4 Å². The minimum Gasteiger partial charge on any atom is -0.465 e. The maximum absolute atomic E-state index is 11.9. The van der Waals surface area contributed by atoms with Crippen LogP contribution < -0.4 is 5.32 Å². The van der Waals surface area contributed by atoms with Crippen molar-refractivity contribution in [1.82, 2.24) is 0 Å². The molecule has 0 fully saturated rings. The molecule has 0 aliphatic heterocycles. The summed E-state index contributed by atoms with van der Waals surface area (Å²) in [6.45, 7) is 1.84. The standard InChI is InChI=1S/C16H14BrNO4/c1-10-3-4-11(16(20)21-2)9-13(10)18-15(19)8-6-12-5-7-14(17)22-12/h3-9H,1-2H3,(H,18,19)/b8-6+. The van der Waals surface area contributed by atoms with Crippen LogP contribution in [0.15, 0.2) is 45.5 Å². The third kappa shape index (κ3) is 4.08. The van der Waals surface area contributed by atoms with Gasteiger partial charge in [0.15, 0.2) is 4.67 Å². The number of carbonyl (C=O) groups excluding carboxylic acids is 2. The molecule has 1 aromatic heterocycles. The molecule has 22 heavy (non-hydrogen) atoms. The number of halogens is 1. The average Bonchev–Trinajstić information content (AvgIpc) is 2.92. The zero-order valence-electron chi connectivity index (χ0n) is 12.1. The highest BCUT2D eigenvalue weighted by molar-refractivity contribution is 9.10. The Morgan fingerprint density at radius 3 is 2.68 bits per heavy atom. The lowest BCUT2D eigenvalue weighted by atomic mass is 10.1. The first kappa shape index (κ1) is 16.0. The fourth-order valence-electron chi connectivity index (χ4n) is 1.75. The van der Waals surface area contributed by atoms with Crippen molar-refractivity contribution in [2.24, 2.45) is 0 Å². The van der Waals surface area contributed by atoms with Crippen LogP contribution in [0.3, 0.4) is 0 Å². The fraction of sp³-hybridized carbons (Fsp3) is 0.125. The molecule has 1 N–H and O–H groups in total. The lowest BCUT2D eigenvalue weighted by Gasteiger charge is -2.08. The Bertz CT molecular complexity index is 733. The highest BCUT2D eigenvalue weighted by atomic mass is 79.9. The summed E-state index contributed by atoms with van der Waals surface area (Å²) in [7, 11) is 1.31. The summed E-state index contributed by atoms with van der Waals surface area (Å²) < 4.78 is 10.5. The molecule has 2 aromatic rings. The molecule has 0 bridgehead atoms. The van der Waals surface area contributed by atoms with Crippen molar-refractivity contribution in [3.8, 4) is 0 Å². The molecule has 0 unspecified atom stereocenters. The lowest BCUT2D eigenvalue weighted by Crippen LogP contribution is -2.10. The Morgan fingerprint density at radius 2 is 2.05 bits per heavy atom. The van der Waals surface area contributed by atoms with E-state index >= 15 is 0 Å². The van der Waals surface area contributed by atoms with Crippen LogP contribution in [0.1, 0.15) is 21.7 Å². The Kier molecular flexibility index (Phi) is 5.16. The van der Waals surface area contributed by atoms with Crippen LogP contribution in [0.5, 0.6) is 0 Å². The van der Waals surface area contributed by atoms with Gasteiger partial charge in [-0.15, -0.1) is 0 Å². The SMILES string of the molecule is COC(=O)c1ccc(C)c(NC(=O)/C=C/c2ccc(Br)o2)c1. The van der Waals surface area contributed by atoms with Crippen molar-refractivity contribution in [1.29, 1.82) is 0 Å². The minimum absolute atomic E-state index is 0.322. The molecule has 1 amide bonds. The molecule has 5 nitrogen and oxygen atoms in total. The fourth-order valence-corrected chi connectivity index (χ4v) is 2.07. The van der Waals surface area contributed by atoms with Crippen LogP contribution in [0, 0.1) is 6.92 Å². The molecule has 1 heterocycles. The van der Waals surface area contributed by atoms with E-state index < -0.39 is 5.97 Å². The first-order valence-electron chi connectivity index (χ1n) is 6.43.